The molecule has 8 nitrogen and oxygen atoms in total. The molecule has 2 aromatic heterocycles. The summed E-state index contributed by atoms with van der Waals surface area (Å²) in [4.78, 5) is 12.0. The van der Waals surface area contributed by atoms with Gasteiger partial charge in [-0.3, -0.25) is 4.57 Å². The highest BCUT2D eigenvalue weighted by Gasteiger charge is 2.43. The SMILES string of the molecule is Nc1ncnc2c1ncn2[C@@H]1O[C@H](CCl)[C@H](O)[C@H]1O. The number of aromatic nitrogens is 4. The van der Waals surface area contributed by atoms with Gasteiger partial charge in [0, 0.05) is 0 Å². The van der Waals surface area contributed by atoms with E-state index in [1.807, 2.05) is 0 Å². The van der Waals surface area contributed by atoms with Gasteiger partial charge in [-0.05, 0) is 0 Å². The van der Waals surface area contributed by atoms with Gasteiger partial charge >= 0.3 is 0 Å². The third kappa shape index (κ3) is 1.84. The van der Waals surface area contributed by atoms with Crippen LogP contribution in [0.15, 0.2) is 12.7 Å². The molecule has 1 aliphatic rings. The maximum atomic E-state index is 10.0. The van der Waals surface area contributed by atoms with Gasteiger partial charge in [-0.25, -0.2) is 15.0 Å². The van der Waals surface area contributed by atoms with Crippen LogP contribution < -0.4 is 5.73 Å². The monoisotopic (exact) mass is 285 g/mol. The van der Waals surface area contributed by atoms with Gasteiger partial charge in [0.2, 0.25) is 0 Å². The first-order valence-corrected chi connectivity index (χ1v) is 6.17. The normalized spacial score (nSPS) is 31.1. The second kappa shape index (κ2) is 4.57. The fourth-order valence-electron chi connectivity index (χ4n) is 2.14. The van der Waals surface area contributed by atoms with Gasteiger partial charge in [-0.1, -0.05) is 0 Å². The van der Waals surface area contributed by atoms with Crippen molar-refractivity contribution < 1.29 is 14.9 Å². The van der Waals surface area contributed by atoms with Crippen molar-refractivity contribution in [1.29, 1.82) is 0 Å². The average molecular weight is 286 g/mol. The van der Waals surface area contributed by atoms with E-state index in [4.69, 9.17) is 22.1 Å². The Morgan fingerprint density at radius 2 is 2.11 bits per heavy atom. The second-order valence-corrected chi connectivity index (χ2v) is 4.59. The number of rotatable bonds is 2. The summed E-state index contributed by atoms with van der Waals surface area (Å²) in [6.45, 7) is 0. The summed E-state index contributed by atoms with van der Waals surface area (Å²) in [6, 6.07) is 0. The van der Waals surface area contributed by atoms with Gasteiger partial charge in [-0.15, -0.1) is 11.6 Å². The van der Waals surface area contributed by atoms with Crippen LogP contribution in [0.25, 0.3) is 11.2 Å². The van der Waals surface area contributed by atoms with E-state index in [-0.39, 0.29) is 11.7 Å². The van der Waals surface area contributed by atoms with Crippen molar-refractivity contribution in [2.75, 3.05) is 11.6 Å². The predicted octanol–water partition coefficient (Wildman–Crippen LogP) is -0.734. The third-order valence-electron chi connectivity index (χ3n) is 3.15. The van der Waals surface area contributed by atoms with E-state index in [0.717, 1.165) is 0 Å². The molecule has 0 unspecified atom stereocenters. The molecule has 2 aromatic rings. The zero-order chi connectivity index (χ0) is 13.6. The lowest BCUT2D eigenvalue weighted by molar-refractivity contribution is -0.0291. The lowest BCUT2D eigenvalue weighted by Crippen LogP contribution is -2.32. The van der Waals surface area contributed by atoms with Crippen molar-refractivity contribution in [2.45, 2.75) is 24.5 Å². The maximum Gasteiger partial charge on any atom is 0.167 e. The first-order valence-electron chi connectivity index (χ1n) is 5.64. The number of ether oxygens (including phenoxy) is 1. The molecular weight excluding hydrogens is 274 g/mol. The van der Waals surface area contributed by atoms with Crippen LogP contribution in [-0.4, -0.2) is 53.9 Å². The Hall–Kier alpha value is -1.48. The molecule has 19 heavy (non-hydrogen) atoms. The maximum absolute atomic E-state index is 10.0. The van der Waals surface area contributed by atoms with Crippen molar-refractivity contribution in [2.24, 2.45) is 0 Å². The molecular formula is C10H12ClN5O3. The standard InChI is InChI=1S/C10H12ClN5O3/c11-1-4-6(17)7(18)10(19-4)16-3-15-5-8(12)13-2-14-9(5)16/h2-4,6-7,10,17-18H,1H2,(H2,12,13,14)/t4-,6+,7-,10-/m1/s1. The quantitative estimate of drug-likeness (QED) is 0.622. The Balaban J connectivity index is 2.04. The number of aliphatic hydroxyl groups excluding tert-OH is 2. The highest BCUT2D eigenvalue weighted by Crippen LogP contribution is 2.32. The molecule has 3 rings (SSSR count). The van der Waals surface area contributed by atoms with Gasteiger partial charge in [0.15, 0.2) is 17.7 Å². The Morgan fingerprint density at radius 3 is 2.79 bits per heavy atom. The van der Waals surface area contributed by atoms with Crippen LogP contribution in [0, 0.1) is 0 Å². The summed E-state index contributed by atoms with van der Waals surface area (Å²) < 4.78 is 7.03. The number of nitrogens with two attached hydrogens (primary N) is 1. The van der Waals surface area contributed by atoms with Crippen LogP contribution in [0.5, 0.6) is 0 Å². The van der Waals surface area contributed by atoms with Crippen LogP contribution >= 0.6 is 11.6 Å². The van der Waals surface area contributed by atoms with Gasteiger partial charge in [0.25, 0.3) is 0 Å². The van der Waals surface area contributed by atoms with E-state index in [9.17, 15) is 10.2 Å². The fraction of sp³-hybridized carbons (Fsp3) is 0.500. The van der Waals surface area contributed by atoms with Crippen molar-refractivity contribution in [1.82, 2.24) is 19.5 Å². The minimum Gasteiger partial charge on any atom is -0.387 e. The molecule has 3 heterocycles. The van der Waals surface area contributed by atoms with Crippen LogP contribution in [0.4, 0.5) is 5.82 Å². The molecule has 1 saturated heterocycles. The molecule has 1 fully saturated rings. The van der Waals surface area contributed by atoms with Crippen LogP contribution in [0.3, 0.4) is 0 Å². The number of hydrogen-bond acceptors (Lipinski definition) is 7. The van der Waals surface area contributed by atoms with Crippen LogP contribution in [0.1, 0.15) is 6.23 Å². The van der Waals surface area contributed by atoms with E-state index in [0.29, 0.717) is 11.2 Å². The predicted molar refractivity (Wildman–Crippen MR) is 66.4 cm³/mol. The van der Waals surface area contributed by atoms with E-state index in [1.165, 1.54) is 17.2 Å². The molecule has 4 atom stereocenters. The molecule has 0 spiro atoms. The van der Waals surface area contributed by atoms with Crippen molar-refractivity contribution in [3.63, 3.8) is 0 Å². The molecule has 0 aromatic carbocycles. The number of imidazole rings is 1. The minimum absolute atomic E-state index is 0.0818. The highest BCUT2D eigenvalue weighted by atomic mass is 35.5. The summed E-state index contributed by atoms with van der Waals surface area (Å²) in [6.07, 6.45) is -0.882. The number of nitrogens with zero attached hydrogens (tertiary/aromatic N) is 4. The Morgan fingerprint density at radius 1 is 1.32 bits per heavy atom. The largest absolute Gasteiger partial charge is 0.387 e. The minimum atomic E-state index is -1.11. The zero-order valence-corrected chi connectivity index (χ0v) is 10.5. The summed E-state index contributed by atoms with van der Waals surface area (Å²) >= 11 is 5.67. The Kier molecular flexibility index (Phi) is 3.02. The highest BCUT2D eigenvalue weighted by molar-refractivity contribution is 6.18. The topological polar surface area (TPSA) is 119 Å². The summed E-state index contributed by atoms with van der Waals surface area (Å²) in [5.41, 5.74) is 6.53. The molecule has 1 aliphatic heterocycles. The number of anilines is 1. The molecule has 9 heteroatoms. The molecule has 0 amide bonds. The van der Waals surface area contributed by atoms with Gasteiger partial charge in [0.05, 0.1) is 12.2 Å². The summed E-state index contributed by atoms with van der Waals surface area (Å²) in [7, 11) is 0. The van der Waals surface area contributed by atoms with Crippen LogP contribution in [-0.2, 0) is 4.74 Å². The third-order valence-corrected chi connectivity index (χ3v) is 3.45. The lowest BCUT2D eigenvalue weighted by Gasteiger charge is -2.16. The Labute approximate surface area is 112 Å². The van der Waals surface area contributed by atoms with Gasteiger partial charge < -0.3 is 20.7 Å². The first kappa shape index (κ1) is 12.5. The average Bonchev–Trinajstić information content (AvgIpc) is 2.94. The van der Waals surface area contributed by atoms with Crippen molar-refractivity contribution in [3.8, 4) is 0 Å². The summed E-state index contributed by atoms with van der Waals surface area (Å²) in [5, 5.41) is 19.8. The molecule has 0 saturated carbocycles. The number of nitrogen functional groups attached to an aromatic ring is 1. The molecule has 4 N–H and O–H groups in total. The van der Waals surface area contributed by atoms with Crippen molar-refractivity contribution in [3.05, 3.63) is 12.7 Å². The fourth-order valence-corrected chi connectivity index (χ4v) is 2.40. The number of aliphatic hydroxyl groups is 2. The molecule has 0 radical (unpaired) electrons. The molecule has 102 valence electrons. The van der Waals surface area contributed by atoms with Crippen molar-refractivity contribution >= 4 is 28.6 Å². The number of fused-ring (bicyclic) bond motifs is 1. The zero-order valence-electron chi connectivity index (χ0n) is 9.72. The Bertz CT molecular complexity index is 606. The smallest absolute Gasteiger partial charge is 0.167 e. The molecule has 0 bridgehead atoms. The first-order chi connectivity index (χ1) is 9.13. The second-order valence-electron chi connectivity index (χ2n) is 4.28. The summed E-state index contributed by atoms with van der Waals surface area (Å²) in [5.74, 6) is 0.323. The van der Waals surface area contributed by atoms with E-state index in [1.54, 1.807) is 0 Å². The molecule has 0 aliphatic carbocycles. The van der Waals surface area contributed by atoms with Gasteiger partial charge in [0.1, 0.15) is 30.2 Å². The van der Waals surface area contributed by atoms with Crippen LogP contribution in [0.2, 0.25) is 0 Å². The van der Waals surface area contributed by atoms with E-state index < -0.39 is 24.5 Å². The number of alkyl halides is 1. The number of hydrogen-bond donors (Lipinski definition) is 3. The van der Waals surface area contributed by atoms with Gasteiger partial charge in [-0.2, -0.15) is 0 Å². The lowest BCUT2D eigenvalue weighted by atomic mass is 10.1. The van der Waals surface area contributed by atoms with E-state index in [2.05, 4.69) is 15.0 Å². The number of halogens is 1. The van der Waals surface area contributed by atoms with E-state index >= 15 is 0 Å².